The first kappa shape index (κ1) is 10.8. The lowest BCUT2D eigenvalue weighted by atomic mass is 10.2. The summed E-state index contributed by atoms with van der Waals surface area (Å²) in [6.45, 7) is 6.76. The topological polar surface area (TPSA) is 12.5 Å². The molecule has 3 heteroatoms. The average molecular weight is 202 g/mol. The van der Waals surface area contributed by atoms with Gasteiger partial charge in [0, 0.05) is 12.1 Å². The zero-order valence-electron chi connectivity index (χ0n) is 8.22. The van der Waals surface area contributed by atoms with Gasteiger partial charge >= 0.3 is 0 Å². The quantitative estimate of drug-likeness (QED) is 0.469. The standard InChI is InChI=1S/C10H16ClNO/c1-9-7-13-8-10(2)12(9)6-4-3-5-11/h9-10H,5-8H2,1-2H3/t9-,10-/m0/s1. The minimum absolute atomic E-state index is 0.424. The summed E-state index contributed by atoms with van der Waals surface area (Å²) in [5, 5.41) is 0. The van der Waals surface area contributed by atoms with Gasteiger partial charge in [-0.05, 0) is 13.8 Å². The Morgan fingerprint density at radius 1 is 1.31 bits per heavy atom. The number of hydrogen-bond donors (Lipinski definition) is 0. The van der Waals surface area contributed by atoms with Gasteiger partial charge in [-0.15, -0.1) is 11.6 Å². The molecule has 1 aliphatic rings. The molecule has 0 saturated carbocycles. The van der Waals surface area contributed by atoms with Crippen molar-refractivity contribution in [1.29, 1.82) is 0 Å². The maximum Gasteiger partial charge on any atom is 0.0835 e. The third-order valence-corrected chi connectivity index (χ3v) is 2.44. The molecule has 0 amide bonds. The van der Waals surface area contributed by atoms with Crippen LogP contribution in [0.2, 0.25) is 0 Å². The number of hydrogen-bond acceptors (Lipinski definition) is 2. The molecule has 0 bridgehead atoms. The van der Waals surface area contributed by atoms with Gasteiger partial charge in [-0.2, -0.15) is 0 Å². The van der Waals surface area contributed by atoms with Crippen molar-refractivity contribution < 1.29 is 4.74 Å². The lowest BCUT2D eigenvalue weighted by Crippen LogP contribution is -2.49. The van der Waals surface area contributed by atoms with Gasteiger partial charge in [0.25, 0.3) is 0 Å². The molecule has 13 heavy (non-hydrogen) atoms. The van der Waals surface area contributed by atoms with Crippen molar-refractivity contribution in [2.45, 2.75) is 25.9 Å². The first-order valence-corrected chi connectivity index (χ1v) is 5.14. The molecule has 2 atom stereocenters. The number of rotatable bonds is 1. The van der Waals surface area contributed by atoms with Gasteiger partial charge in [-0.3, -0.25) is 4.90 Å². The zero-order chi connectivity index (χ0) is 9.68. The van der Waals surface area contributed by atoms with Crippen molar-refractivity contribution in [1.82, 2.24) is 4.90 Å². The van der Waals surface area contributed by atoms with E-state index in [0.717, 1.165) is 19.8 Å². The fraction of sp³-hybridized carbons (Fsp3) is 0.800. The Balaban J connectivity index is 2.44. The summed E-state index contributed by atoms with van der Waals surface area (Å²) in [7, 11) is 0. The van der Waals surface area contributed by atoms with Crippen molar-refractivity contribution in [3.05, 3.63) is 0 Å². The van der Waals surface area contributed by atoms with Gasteiger partial charge < -0.3 is 4.74 Å². The second kappa shape index (κ2) is 5.49. The molecular weight excluding hydrogens is 186 g/mol. The molecule has 0 aromatic rings. The SMILES string of the molecule is C[C@H]1COC[C@H](C)N1CC#CCCl. The van der Waals surface area contributed by atoms with E-state index in [1.54, 1.807) is 0 Å². The predicted molar refractivity (Wildman–Crippen MR) is 54.9 cm³/mol. The van der Waals surface area contributed by atoms with E-state index in [1.807, 2.05) is 0 Å². The van der Waals surface area contributed by atoms with Gasteiger partial charge in [0.2, 0.25) is 0 Å². The largest absolute Gasteiger partial charge is 0.378 e. The molecule has 0 N–H and O–H groups in total. The van der Waals surface area contributed by atoms with Crippen LogP contribution < -0.4 is 0 Å². The van der Waals surface area contributed by atoms with E-state index >= 15 is 0 Å². The van der Waals surface area contributed by atoms with E-state index in [1.165, 1.54) is 0 Å². The summed E-state index contributed by atoms with van der Waals surface area (Å²) in [6, 6.07) is 0.932. The van der Waals surface area contributed by atoms with E-state index in [4.69, 9.17) is 16.3 Å². The van der Waals surface area contributed by atoms with E-state index in [-0.39, 0.29) is 0 Å². The third kappa shape index (κ3) is 3.19. The van der Waals surface area contributed by atoms with E-state index in [2.05, 4.69) is 30.6 Å². The Labute approximate surface area is 85.2 Å². The fourth-order valence-corrected chi connectivity index (χ4v) is 1.64. The molecule has 0 aliphatic carbocycles. The van der Waals surface area contributed by atoms with E-state index < -0.39 is 0 Å². The summed E-state index contributed by atoms with van der Waals surface area (Å²) in [4.78, 5) is 2.35. The number of halogens is 1. The van der Waals surface area contributed by atoms with Crippen LogP contribution in [0, 0.1) is 11.8 Å². The second-order valence-corrected chi connectivity index (χ2v) is 3.66. The number of ether oxygens (including phenoxy) is 1. The monoisotopic (exact) mass is 201 g/mol. The molecule has 1 fully saturated rings. The molecule has 1 aliphatic heterocycles. The third-order valence-electron chi connectivity index (χ3n) is 2.30. The van der Waals surface area contributed by atoms with Crippen molar-refractivity contribution in [2.24, 2.45) is 0 Å². The van der Waals surface area contributed by atoms with Crippen molar-refractivity contribution in [2.75, 3.05) is 25.6 Å². The molecule has 0 unspecified atom stereocenters. The highest BCUT2D eigenvalue weighted by Gasteiger charge is 2.23. The summed E-state index contributed by atoms with van der Waals surface area (Å²) in [6.07, 6.45) is 0. The minimum Gasteiger partial charge on any atom is -0.378 e. The summed E-state index contributed by atoms with van der Waals surface area (Å²) >= 11 is 5.48. The van der Waals surface area contributed by atoms with Crippen molar-refractivity contribution >= 4 is 11.6 Å². The molecule has 0 aromatic carbocycles. The van der Waals surface area contributed by atoms with Crippen LogP contribution in [0.25, 0.3) is 0 Å². The molecule has 2 nitrogen and oxygen atoms in total. The number of nitrogens with zero attached hydrogens (tertiary/aromatic N) is 1. The van der Waals surface area contributed by atoms with Crippen molar-refractivity contribution in [3.8, 4) is 11.8 Å². The molecule has 0 spiro atoms. The first-order valence-electron chi connectivity index (χ1n) is 4.61. The normalized spacial score (nSPS) is 29.5. The highest BCUT2D eigenvalue weighted by atomic mass is 35.5. The summed E-state index contributed by atoms with van der Waals surface area (Å²) in [5.74, 6) is 6.35. The molecule has 0 radical (unpaired) electrons. The summed E-state index contributed by atoms with van der Waals surface area (Å²) < 4.78 is 5.41. The van der Waals surface area contributed by atoms with Crippen LogP contribution in [-0.2, 0) is 4.74 Å². The highest BCUT2D eigenvalue weighted by molar-refractivity contribution is 6.19. The van der Waals surface area contributed by atoms with Crippen LogP contribution in [0.15, 0.2) is 0 Å². The van der Waals surface area contributed by atoms with Gasteiger partial charge in [0.15, 0.2) is 0 Å². The zero-order valence-corrected chi connectivity index (χ0v) is 8.97. The number of morpholine rings is 1. The van der Waals surface area contributed by atoms with Crippen LogP contribution in [0.5, 0.6) is 0 Å². The molecule has 1 saturated heterocycles. The fourth-order valence-electron chi connectivity index (χ4n) is 1.54. The second-order valence-electron chi connectivity index (χ2n) is 3.40. The Kier molecular flexibility index (Phi) is 4.58. The van der Waals surface area contributed by atoms with Gasteiger partial charge in [-0.1, -0.05) is 11.8 Å². The predicted octanol–water partition coefficient (Wildman–Crippen LogP) is 1.34. The molecule has 1 heterocycles. The Morgan fingerprint density at radius 3 is 2.46 bits per heavy atom. The van der Waals surface area contributed by atoms with Crippen molar-refractivity contribution in [3.63, 3.8) is 0 Å². The van der Waals surface area contributed by atoms with Crippen LogP contribution in [0.3, 0.4) is 0 Å². The van der Waals surface area contributed by atoms with Gasteiger partial charge in [0.1, 0.15) is 0 Å². The molecule has 1 rings (SSSR count). The van der Waals surface area contributed by atoms with Gasteiger partial charge in [0.05, 0.1) is 25.6 Å². The molecule has 0 aromatic heterocycles. The first-order chi connectivity index (χ1) is 6.25. The summed E-state index contributed by atoms with van der Waals surface area (Å²) in [5.41, 5.74) is 0. The number of alkyl halides is 1. The maximum absolute atomic E-state index is 5.48. The lowest BCUT2D eigenvalue weighted by Gasteiger charge is -2.37. The van der Waals surface area contributed by atoms with E-state index in [0.29, 0.717) is 18.0 Å². The highest BCUT2D eigenvalue weighted by Crippen LogP contribution is 2.11. The maximum atomic E-state index is 5.48. The molecule has 74 valence electrons. The van der Waals surface area contributed by atoms with Crippen LogP contribution in [0.1, 0.15) is 13.8 Å². The van der Waals surface area contributed by atoms with E-state index in [9.17, 15) is 0 Å². The Bertz CT molecular complexity index is 199. The van der Waals surface area contributed by atoms with Crippen LogP contribution >= 0.6 is 11.6 Å². The smallest absolute Gasteiger partial charge is 0.0835 e. The van der Waals surface area contributed by atoms with Crippen LogP contribution in [0.4, 0.5) is 0 Å². The Morgan fingerprint density at radius 2 is 1.92 bits per heavy atom. The molecular formula is C10H16ClNO. The minimum atomic E-state index is 0.424. The van der Waals surface area contributed by atoms with Crippen LogP contribution in [-0.4, -0.2) is 42.6 Å². The van der Waals surface area contributed by atoms with Gasteiger partial charge in [-0.25, -0.2) is 0 Å². The lowest BCUT2D eigenvalue weighted by molar-refractivity contribution is -0.0296. The Hall–Kier alpha value is -0.230. The average Bonchev–Trinajstić information content (AvgIpc) is 2.10.